The molecule has 0 aromatic heterocycles. The van der Waals surface area contributed by atoms with Gasteiger partial charge in [0.25, 0.3) is 0 Å². The molecule has 2 atom stereocenters. The molecule has 102 valence electrons. The second-order valence-electron chi connectivity index (χ2n) is 4.85. The summed E-state index contributed by atoms with van der Waals surface area (Å²) < 4.78 is 0. The van der Waals surface area contributed by atoms with Crippen LogP contribution in [0, 0.1) is 17.8 Å². The molecular formula is C16H21NO2. The highest BCUT2D eigenvalue weighted by atomic mass is 16.3. The summed E-state index contributed by atoms with van der Waals surface area (Å²) in [4.78, 5) is 13.4. The smallest absolute Gasteiger partial charge is 0.228 e. The molecule has 0 unspecified atom stereocenters. The van der Waals surface area contributed by atoms with Gasteiger partial charge in [0.05, 0.1) is 5.92 Å². The van der Waals surface area contributed by atoms with Crippen molar-refractivity contribution in [3.05, 3.63) is 35.9 Å². The number of rotatable bonds is 3. The molecule has 19 heavy (non-hydrogen) atoms. The number of hydrogen-bond acceptors (Lipinski definition) is 2. The van der Waals surface area contributed by atoms with Crippen molar-refractivity contribution in [2.45, 2.75) is 25.9 Å². The molecule has 1 N–H and O–H groups in total. The summed E-state index contributed by atoms with van der Waals surface area (Å²) in [5, 5.41) is 10.5. The quantitative estimate of drug-likeness (QED) is 0.842. The molecule has 1 amide bonds. The van der Waals surface area contributed by atoms with Gasteiger partial charge < -0.3 is 10.0 Å². The lowest BCUT2D eigenvalue weighted by atomic mass is 9.85. The number of nitrogens with zero attached hydrogens (tertiary/aromatic N) is 1. The molecule has 0 saturated carbocycles. The molecule has 1 rings (SSSR count). The number of aliphatic hydroxyl groups is 1. The SMILES string of the molecule is CC[C@](O)(C#Cc1ccccc1)[C@H](C)C(=O)N(C)C. The van der Waals surface area contributed by atoms with Gasteiger partial charge in [-0.05, 0) is 25.5 Å². The Labute approximate surface area is 115 Å². The van der Waals surface area contributed by atoms with E-state index in [0.29, 0.717) is 6.42 Å². The first kappa shape index (κ1) is 15.3. The van der Waals surface area contributed by atoms with Crippen molar-refractivity contribution >= 4 is 5.91 Å². The number of hydrogen-bond donors (Lipinski definition) is 1. The Bertz CT molecular complexity index is 484. The Kier molecular flexibility index (Phi) is 5.14. The Balaban J connectivity index is 2.99. The second kappa shape index (κ2) is 6.40. The normalized spacial score (nSPS) is 14.8. The summed E-state index contributed by atoms with van der Waals surface area (Å²) in [7, 11) is 3.36. The van der Waals surface area contributed by atoms with Crippen molar-refractivity contribution in [2.75, 3.05) is 14.1 Å². The van der Waals surface area contributed by atoms with E-state index in [1.165, 1.54) is 4.90 Å². The summed E-state index contributed by atoms with van der Waals surface area (Å²) in [6, 6.07) is 9.45. The molecule has 3 nitrogen and oxygen atoms in total. The number of carbonyl (C=O) groups excluding carboxylic acids is 1. The Morgan fingerprint density at radius 3 is 2.42 bits per heavy atom. The largest absolute Gasteiger partial charge is 0.377 e. The second-order valence-corrected chi connectivity index (χ2v) is 4.85. The van der Waals surface area contributed by atoms with Crippen LogP contribution in [0.3, 0.4) is 0 Å². The van der Waals surface area contributed by atoms with Gasteiger partial charge in [-0.25, -0.2) is 0 Å². The van der Waals surface area contributed by atoms with E-state index in [-0.39, 0.29) is 5.91 Å². The molecular weight excluding hydrogens is 238 g/mol. The minimum Gasteiger partial charge on any atom is -0.377 e. The van der Waals surface area contributed by atoms with Gasteiger partial charge in [-0.3, -0.25) is 4.79 Å². The molecule has 0 saturated heterocycles. The van der Waals surface area contributed by atoms with E-state index in [2.05, 4.69) is 11.8 Å². The molecule has 1 aromatic rings. The van der Waals surface area contributed by atoms with Crippen LogP contribution >= 0.6 is 0 Å². The Morgan fingerprint density at radius 1 is 1.37 bits per heavy atom. The first-order valence-electron chi connectivity index (χ1n) is 6.42. The highest BCUT2D eigenvalue weighted by Gasteiger charge is 2.35. The van der Waals surface area contributed by atoms with E-state index in [9.17, 15) is 9.90 Å². The van der Waals surface area contributed by atoms with Gasteiger partial charge in [0, 0.05) is 19.7 Å². The van der Waals surface area contributed by atoms with Crippen molar-refractivity contribution in [1.82, 2.24) is 4.90 Å². The molecule has 0 heterocycles. The predicted molar refractivity (Wildman–Crippen MR) is 76.4 cm³/mol. The predicted octanol–water partition coefficient (Wildman–Crippen LogP) is 1.90. The zero-order valence-corrected chi connectivity index (χ0v) is 12.0. The summed E-state index contributed by atoms with van der Waals surface area (Å²) in [5.41, 5.74) is -0.462. The van der Waals surface area contributed by atoms with Crippen LogP contribution in [-0.2, 0) is 4.79 Å². The van der Waals surface area contributed by atoms with Crippen molar-refractivity contribution < 1.29 is 9.90 Å². The van der Waals surface area contributed by atoms with Crippen molar-refractivity contribution in [3.8, 4) is 11.8 Å². The van der Waals surface area contributed by atoms with E-state index in [4.69, 9.17) is 0 Å². The van der Waals surface area contributed by atoms with Gasteiger partial charge in [-0.15, -0.1) is 0 Å². The van der Waals surface area contributed by atoms with Gasteiger partial charge in [0.15, 0.2) is 0 Å². The molecule has 0 spiro atoms. The zero-order valence-electron chi connectivity index (χ0n) is 12.0. The van der Waals surface area contributed by atoms with Crippen LogP contribution in [-0.4, -0.2) is 35.6 Å². The van der Waals surface area contributed by atoms with Gasteiger partial charge in [-0.2, -0.15) is 0 Å². The van der Waals surface area contributed by atoms with Crippen LogP contribution in [0.1, 0.15) is 25.8 Å². The van der Waals surface area contributed by atoms with Crippen LogP contribution in [0.15, 0.2) is 30.3 Å². The van der Waals surface area contributed by atoms with Crippen LogP contribution in [0.4, 0.5) is 0 Å². The Morgan fingerprint density at radius 2 is 1.95 bits per heavy atom. The van der Waals surface area contributed by atoms with Crippen LogP contribution < -0.4 is 0 Å². The molecule has 3 heteroatoms. The summed E-state index contributed by atoms with van der Waals surface area (Å²) in [6.07, 6.45) is 0.410. The highest BCUT2D eigenvalue weighted by molar-refractivity contribution is 5.79. The molecule has 0 bridgehead atoms. The van der Waals surface area contributed by atoms with E-state index in [1.54, 1.807) is 21.0 Å². The minimum absolute atomic E-state index is 0.119. The fourth-order valence-corrected chi connectivity index (χ4v) is 1.80. The van der Waals surface area contributed by atoms with Crippen molar-refractivity contribution in [1.29, 1.82) is 0 Å². The lowest BCUT2D eigenvalue weighted by molar-refractivity contribution is -0.138. The number of amides is 1. The minimum atomic E-state index is -1.29. The third-order valence-electron chi connectivity index (χ3n) is 3.26. The lowest BCUT2D eigenvalue weighted by Gasteiger charge is -2.29. The highest BCUT2D eigenvalue weighted by Crippen LogP contribution is 2.22. The number of benzene rings is 1. The van der Waals surface area contributed by atoms with Crippen LogP contribution in [0.5, 0.6) is 0 Å². The molecule has 1 aromatic carbocycles. The van der Waals surface area contributed by atoms with Gasteiger partial charge >= 0.3 is 0 Å². The first-order valence-corrected chi connectivity index (χ1v) is 6.42. The van der Waals surface area contributed by atoms with Crippen LogP contribution in [0.25, 0.3) is 0 Å². The van der Waals surface area contributed by atoms with Gasteiger partial charge in [-0.1, -0.05) is 37.0 Å². The standard InChI is InChI=1S/C16H21NO2/c1-5-16(19,13(2)15(18)17(3)4)12-11-14-9-7-6-8-10-14/h6-10,13,19H,5H2,1-4H3/t13-,16+/m1/s1. The van der Waals surface area contributed by atoms with Gasteiger partial charge in [0.1, 0.15) is 5.60 Å². The summed E-state index contributed by atoms with van der Waals surface area (Å²) in [5.74, 6) is 5.12. The van der Waals surface area contributed by atoms with Crippen LogP contribution in [0.2, 0.25) is 0 Å². The molecule has 0 radical (unpaired) electrons. The topological polar surface area (TPSA) is 40.5 Å². The average molecular weight is 259 g/mol. The molecule has 0 aliphatic rings. The van der Waals surface area contributed by atoms with Gasteiger partial charge in [0.2, 0.25) is 5.91 Å². The molecule has 0 aliphatic heterocycles. The Hall–Kier alpha value is -1.79. The first-order chi connectivity index (χ1) is 8.90. The maximum atomic E-state index is 12.0. The molecule has 0 aliphatic carbocycles. The average Bonchev–Trinajstić information content (AvgIpc) is 2.44. The fraction of sp³-hybridized carbons (Fsp3) is 0.438. The maximum absolute atomic E-state index is 12.0. The number of carbonyl (C=O) groups is 1. The van der Waals surface area contributed by atoms with E-state index >= 15 is 0 Å². The third kappa shape index (κ3) is 3.84. The third-order valence-corrected chi connectivity index (χ3v) is 3.26. The monoisotopic (exact) mass is 259 g/mol. The molecule has 0 fully saturated rings. The van der Waals surface area contributed by atoms with Crippen molar-refractivity contribution in [2.24, 2.45) is 5.92 Å². The summed E-state index contributed by atoms with van der Waals surface area (Å²) >= 11 is 0. The van der Waals surface area contributed by atoms with E-state index in [0.717, 1.165) is 5.56 Å². The van der Waals surface area contributed by atoms with Crippen molar-refractivity contribution in [3.63, 3.8) is 0 Å². The van der Waals surface area contributed by atoms with E-state index < -0.39 is 11.5 Å². The van der Waals surface area contributed by atoms with E-state index in [1.807, 2.05) is 37.3 Å². The fourth-order valence-electron chi connectivity index (χ4n) is 1.80. The maximum Gasteiger partial charge on any atom is 0.228 e. The lowest BCUT2D eigenvalue weighted by Crippen LogP contribution is -2.43. The zero-order chi connectivity index (χ0) is 14.5. The summed E-state index contributed by atoms with van der Waals surface area (Å²) in [6.45, 7) is 3.55.